The first kappa shape index (κ1) is 30.1. The fourth-order valence-electron chi connectivity index (χ4n) is 3.59. The third-order valence-corrected chi connectivity index (χ3v) is 5.74. The van der Waals surface area contributed by atoms with Crippen LogP contribution in [0.15, 0.2) is 36.4 Å². The average Bonchev–Trinajstić information content (AvgIpc) is 2.84. The number of methoxy groups -OCH3 is 1. The Hall–Kier alpha value is -1.89. The van der Waals surface area contributed by atoms with E-state index in [1.807, 2.05) is 13.0 Å². The van der Waals surface area contributed by atoms with Crippen LogP contribution < -0.4 is 10.1 Å². The molecule has 0 heterocycles. The molecule has 0 radical (unpaired) electrons. The predicted molar refractivity (Wildman–Crippen MR) is 138 cm³/mol. The first-order valence-electron chi connectivity index (χ1n) is 13.0. The molecule has 1 aromatic carbocycles. The minimum atomic E-state index is -0.707. The number of rotatable bonds is 21. The van der Waals surface area contributed by atoms with E-state index in [0.717, 1.165) is 12.8 Å². The van der Waals surface area contributed by atoms with Crippen LogP contribution in [-0.4, -0.2) is 50.3 Å². The molecule has 0 aliphatic rings. The predicted octanol–water partition coefficient (Wildman–Crippen LogP) is 6.03. The Morgan fingerprint density at radius 1 is 0.971 bits per heavy atom. The highest BCUT2D eigenvalue weighted by Crippen LogP contribution is 2.13. The van der Waals surface area contributed by atoms with Crippen LogP contribution in [0.2, 0.25) is 0 Å². The van der Waals surface area contributed by atoms with E-state index in [4.69, 9.17) is 14.2 Å². The molecule has 6 heteroatoms. The van der Waals surface area contributed by atoms with Crippen molar-refractivity contribution in [1.29, 1.82) is 0 Å². The smallest absolute Gasteiger partial charge is 0.251 e. The van der Waals surface area contributed by atoms with E-state index in [2.05, 4.69) is 12.2 Å². The van der Waals surface area contributed by atoms with Gasteiger partial charge in [-0.15, -0.1) is 0 Å². The highest BCUT2D eigenvalue weighted by molar-refractivity contribution is 5.94. The number of hydrogen-bond acceptors (Lipinski definition) is 5. The van der Waals surface area contributed by atoms with Gasteiger partial charge in [0.15, 0.2) is 0 Å². The summed E-state index contributed by atoms with van der Waals surface area (Å²) in [6.07, 6.45) is 17.3. The van der Waals surface area contributed by atoms with Crippen molar-refractivity contribution in [2.75, 3.05) is 27.1 Å². The van der Waals surface area contributed by atoms with Gasteiger partial charge in [-0.2, -0.15) is 0 Å². The zero-order valence-electron chi connectivity index (χ0n) is 21.6. The van der Waals surface area contributed by atoms with E-state index in [0.29, 0.717) is 24.5 Å². The third kappa shape index (κ3) is 15.1. The van der Waals surface area contributed by atoms with Gasteiger partial charge in [-0.3, -0.25) is 4.79 Å². The first-order valence-corrected chi connectivity index (χ1v) is 13.0. The molecule has 1 amide bonds. The lowest BCUT2D eigenvalue weighted by atomic mass is 10.1. The summed E-state index contributed by atoms with van der Waals surface area (Å²) in [5.74, 6) is 0.449. The zero-order chi connectivity index (χ0) is 24.9. The second-order valence-electron chi connectivity index (χ2n) is 8.84. The Morgan fingerprint density at radius 3 is 2.21 bits per heavy atom. The van der Waals surface area contributed by atoms with Gasteiger partial charge in [0.05, 0.1) is 18.8 Å². The minimum Gasteiger partial charge on any atom is -0.491 e. The van der Waals surface area contributed by atoms with Crippen LogP contribution in [-0.2, 0) is 9.47 Å². The normalized spacial score (nSPS) is 13.2. The number of carbonyl (C=O) groups excluding carboxylic acids is 1. The Bertz CT molecular complexity index is 647. The molecule has 194 valence electrons. The van der Waals surface area contributed by atoms with Crippen LogP contribution >= 0.6 is 0 Å². The van der Waals surface area contributed by atoms with Gasteiger partial charge in [0, 0.05) is 12.7 Å². The number of allylic oxidation sites excluding steroid dienone is 1. The van der Waals surface area contributed by atoms with Crippen LogP contribution in [0.3, 0.4) is 0 Å². The summed E-state index contributed by atoms with van der Waals surface area (Å²) < 4.78 is 15.5. The van der Waals surface area contributed by atoms with Gasteiger partial charge in [0.2, 0.25) is 0 Å². The van der Waals surface area contributed by atoms with Gasteiger partial charge < -0.3 is 24.6 Å². The maximum Gasteiger partial charge on any atom is 0.251 e. The van der Waals surface area contributed by atoms with Crippen molar-refractivity contribution in [2.45, 2.75) is 96.6 Å². The summed E-state index contributed by atoms with van der Waals surface area (Å²) in [6, 6.07) is 6.55. The largest absolute Gasteiger partial charge is 0.491 e. The Balaban J connectivity index is 2.16. The molecule has 2 atom stereocenters. The Labute approximate surface area is 207 Å². The standard InChI is InChI=1S/C28H47NO5/c1-4-5-6-7-8-9-10-11-12-13-14-15-16-27(30)24(2)29-28(31)25-17-19-26(20-18-25)34-22-21-33-23-32-3/h15-20,24,27,30H,4-14,21-23H2,1-3H3,(H,29,31)/b16-15+/t24-,27-/m1/s1. The van der Waals surface area contributed by atoms with Crippen LogP contribution in [0, 0.1) is 0 Å². The maximum absolute atomic E-state index is 12.5. The molecule has 0 fully saturated rings. The van der Waals surface area contributed by atoms with Gasteiger partial charge in [-0.25, -0.2) is 0 Å². The molecular formula is C28H47NO5. The SMILES string of the molecule is CCCCCCCCCCCC/C=C/[C@@H](O)[C@@H](C)NC(=O)c1ccc(OCCOCOC)cc1. The first-order chi connectivity index (χ1) is 16.6. The molecular weight excluding hydrogens is 430 g/mol. The number of benzene rings is 1. The average molecular weight is 478 g/mol. The molecule has 0 aliphatic carbocycles. The summed E-state index contributed by atoms with van der Waals surface area (Å²) in [5, 5.41) is 13.2. The topological polar surface area (TPSA) is 77.0 Å². The molecule has 0 unspecified atom stereocenters. The van der Waals surface area contributed by atoms with E-state index in [1.165, 1.54) is 57.8 Å². The van der Waals surface area contributed by atoms with Crippen molar-refractivity contribution in [2.24, 2.45) is 0 Å². The molecule has 0 aromatic heterocycles. The monoisotopic (exact) mass is 477 g/mol. The lowest BCUT2D eigenvalue weighted by molar-refractivity contribution is -0.0387. The summed E-state index contributed by atoms with van der Waals surface area (Å²) >= 11 is 0. The number of amides is 1. The molecule has 1 rings (SSSR count). The van der Waals surface area contributed by atoms with Crippen LogP contribution in [0.1, 0.15) is 94.8 Å². The molecule has 0 saturated heterocycles. The van der Waals surface area contributed by atoms with Crippen LogP contribution in [0.5, 0.6) is 5.75 Å². The molecule has 6 nitrogen and oxygen atoms in total. The van der Waals surface area contributed by atoms with Crippen molar-refractivity contribution in [1.82, 2.24) is 5.32 Å². The Kier molecular flexibility index (Phi) is 18.2. The van der Waals surface area contributed by atoms with Crippen molar-refractivity contribution < 1.29 is 24.1 Å². The van der Waals surface area contributed by atoms with Crippen LogP contribution in [0.4, 0.5) is 0 Å². The number of aliphatic hydroxyl groups is 1. The van der Waals surface area contributed by atoms with Gasteiger partial charge in [0.25, 0.3) is 5.91 Å². The summed E-state index contributed by atoms with van der Waals surface area (Å²) in [6.45, 7) is 5.14. The van der Waals surface area contributed by atoms with E-state index in [1.54, 1.807) is 37.5 Å². The fraction of sp³-hybridized carbons (Fsp3) is 0.679. The molecule has 1 aromatic rings. The number of ether oxygens (including phenoxy) is 3. The lowest BCUT2D eigenvalue weighted by Crippen LogP contribution is -2.40. The second-order valence-corrected chi connectivity index (χ2v) is 8.84. The molecule has 2 N–H and O–H groups in total. The molecule has 0 saturated carbocycles. The highest BCUT2D eigenvalue weighted by atomic mass is 16.7. The number of aliphatic hydroxyl groups excluding tert-OH is 1. The van der Waals surface area contributed by atoms with Crippen LogP contribution in [0.25, 0.3) is 0 Å². The number of hydrogen-bond donors (Lipinski definition) is 2. The van der Waals surface area contributed by atoms with E-state index < -0.39 is 6.10 Å². The summed E-state index contributed by atoms with van der Waals surface area (Å²) in [4.78, 5) is 12.5. The van der Waals surface area contributed by atoms with Gasteiger partial charge in [-0.1, -0.05) is 76.9 Å². The van der Waals surface area contributed by atoms with E-state index >= 15 is 0 Å². The number of carbonyl (C=O) groups is 1. The van der Waals surface area contributed by atoms with Gasteiger partial charge in [-0.05, 0) is 44.0 Å². The Morgan fingerprint density at radius 2 is 1.59 bits per heavy atom. The van der Waals surface area contributed by atoms with Crippen molar-refractivity contribution >= 4 is 5.91 Å². The molecule has 0 bridgehead atoms. The van der Waals surface area contributed by atoms with Crippen molar-refractivity contribution in [3.8, 4) is 5.75 Å². The maximum atomic E-state index is 12.5. The molecule has 0 aliphatic heterocycles. The zero-order valence-corrected chi connectivity index (χ0v) is 21.6. The molecule has 34 heavy (non-hydrogen) atoms. The lowest BCUT2D eigenvalue weighted by Gasteiger charge is -2.17. The second kappa shape index (κ2) is 20.5. The van der Waals surface area contributed by atoms with Crippen molar-refractivity contribution in [3.63, 3.8) is 0 Å². The number of nitrogens with one attached hydrogen (secondary N) is 1. The quantitative estimate of drug-likeness (QED) is 0.128. The minimum absolute atomic E-state index is 0.218. The fourth-order valence-corrected chi connectivity index (χ4v) is 3.59. The van der Waals surface area contributed by atoms with Gasteiger partial charge >= 0.3 is 0 Å². The molecule has 0 spiro atoms. The summed E-state index contributed by atoms with van der Waals surface area (Å²) in [7, 11) is 1.57. The number of unbranched alkanes of at least 4 members (excludes halogenated alkanes) is 10. The van der Waals surface area contributed by atoms with Gasteiger partial charge in [0.1, 0.15) is 19.1 Å². The summed E-state index contributed by atoms with van der Waals surface area (Å²) in [5.41, 5.74) is 0.524. The third-order valence-electron chi connectivity index (χ3n) is 5.74. The van der Waals surface area contributed by atoms with Crippen molar-refractivity contribution in [3.05, 3.63) is 42.0 Å². The van der Waals surface area contributed by atoms with E-state index in [-0.39, 0.29) is 18.7 Å². The van der Waals surface area contributed by atoms with E-state index in [9.17, 15) is 9.90 Å². The highest BCUT2D eigenvalue weighted by Gasteiger charge is 2.15.